The number of aliphatic hydroxyl groups is 1. The number of carbonyl (C=O) groups excluding carboxylic acids is 1. The highest BCUT2D eigenvalue weighted by Gasteiger charge is 2.25. The van der Waals surface area contributed by atoms with Gasteiger partial charge < -0.3 is 20.9 Å². The topological polar surface area (TPSA) is 126 Å². The Morgan fingerprint density at radius 2 is 1.92 bits per heavy atom. The van der Waals surface area contributed by atoms with Crippen molar-refractivity contribution in [2.24, 2.45) is 5.92 Å². The third-order valence-corrected chi connectivity index (χ3v) is 7.20. The first-order valence-electron chi connectivity index (χ1n) is 12.4. The second-order valence-electron chi connectivity index (χ2n) is 9.55. The molecule has 0 aliphatic heterocycles. The lowest BCUT2D eigenvalue weighted by Gasteiger charge is -2.27. The van der Waals surface area contributed by atoms with Crippen molar-refractivity contribution < 1.29 is 19.0 Å². The van der Waals surface area contributed by atoms with Crippen molar-refractivity contribution in [3.05, 3.63) is 71.2 Å². The molecule has 2 heterocycles. The van der Waals surface area contributed by atoms with E-state index in [9.17, 15) is 14.3 Å². The van der Waals surface area contributed by atoms with Gasteiger partial charge in [0.05, 0.1) is 29.3 Å². The predicted octanol–water partition coefficient (Wildman–Crippen LogP) is 4.55. The molecule has 2 aromatic carbocycles. The zero-order valence-electron chi connectivity index (χ0n) is 20.6. The number of nitrogens with zero attached hydrogens (tertiary/aromatic N) is 2. The van der Waals surface area contributed by atoms with Crippen LogP contribution in [0.3, 0.4) is 0 Å². The van der Waals surface area contributed by atoms with Crippen molar-refractivity contribution in [3.8, 4) is 17.0 Å². The SMILES string of the molecule is COc1ccc(F)cc1C(=O)NCc1ccc(-c2nc(C3CCC(CO)CC3)cc3[nH]nc(N)c23)cc1. The lowest BCUT2D eigenvalue weighted by Crippen LogP contribution is -2.23. The lowest BCUT2D eigenvalue weighted by molar-refractivity contribution is 0.0947. The molecule has 1 aliphatic carbocycles. The van der Waals surface area contributed by atoms with Gasteiger partial charge in [0, 0.05) is 30.3 Å². The first-order valence-corrected chi connectivity index (χ1v) is 12.4. The van der Waals surface area contributed by atoms with Crippen LogP contribution in [0.1, 0.15) is 53.2 Å². The number of nitrogen functional groups attached to an aromatic ring is 1. The maximum Gasteiger partial charge on any atom is 0.255 e. The normalized spacial score (nSPS) is 17.6. The van der Waals surface area contributed by atoms with Gasteiger partial charge in [0.25, 0.3) is 5.91 Å². The number of aromatic nitrogens is 3. The van der Waals surface area contributed by atoms with Crippen LogP contribution in [0.15, 0.2) is 48.5 Å². The summed E-state index contributed by atoms with van der Waals surface area (Å²) in [6.07, 6.45) is 3.95. The molecule has 5 N–H and O–H groups in total. The van der Waals surface area contributed by atoms with Gasteiger partial charge in [-0.3, -0.25) is 14.9 Å². The molecule has 1 aliphatic rings. The van der Waals surface area contributed by atoms with Crippen LogP contribution in [0.2, 0.25) is 0 Å². The average molecular weight is 504 g/mol. The maximum atomic E-state index is 13.6. The third kappa shape index (κ3) is 5.13. The number of pyridine rings is 1. The van der Waals surface area contributed by atoms with Gasteiger partial charge in [-0.05, 0) is 61.4 Å². The fourth-order valence-corrected chi connectivity index (χ4v) is 5.06. The number of benzene rings is 2. The molecule has 1 fully saturated rings. The van der Waals surface area contributed by atoms with Crippen LogP contribution in [0, 0.1) is 11.7 Å². The molecule has 37 heavy (non-hydrogen) atoms. The van der Waals surface area contributed by atoms with E-state index < -0.39 is 11.7 Å². The Morgan fingerprint density at radius 3 is 2.62 bits per heavy atom. The second kappa shape index (κ2) is 10.6. The first kappa shape index (κ1) is 24.7. The number of fused-ring (bicyclic) bond motifs is 1. The van der Waals surface area contributed by atoms with Gasteiger partial charge >= 0.3 is 0 Å². The van der Waals surface area contributed by atoms with E-state index in [1.807, 2.05) is 30.3 Å². The highest BCUT2D eigenvalue weighted by Crippen LogP contribution is 2.38. The summed E-state index contributed by atoms with van der Waals surface area (Å²) in [5.74, 6) is 0.483. The van der Waals surface area contributed by atoms with Crippen LogP contribution in [-0.2, 0) is 6.54 Å². The van der Waals surface area contributed by atoms with Gasteiger partial charge in [0.2, 0.25) is 0 Å². The van der Waals surface area contributed by atoms with Crippen LogP contribution < -0.4 is 15.8 Å². The molecule has 0 spiro atoms. The zero-order valence-corrected chi connectivity index (χ0v) is 20.6. The van der Waals surface area contributed by atoms with Gasteiger partial charge in [-0.25, -0.2) is 4.39 Å². The number of hydrogen-bond acceptors (Lipinski definition) is 6. The van der Waals surface area contributed by atoms with Crippen molar-refractivity contribution in [2.45, 2.75) is 38.1 Å². The Labute approximate surface area is 214 Å². The Kier molecular flexibility index (Phi) is 7.05. The molecule has 4 aromatic rings. The van der Waals surface area contributed by atoms with Gasteiger partial charge in [0.1, 0.15) is 11.6 Å². The van der Waals surface area contributed by atoms with Gasteiger partial charge in [0.15, 0.2) is 5.82 Å². The molecular weight excluding hydrogens is 473 g/mol. The van der Waals surface area contributed by atoms with Crippen LogP contribution in [0.4, 0.5) is 10.2 Å². The summed E-state index contributed by atoms with van der Waals surface area (Å²) >= 11 is 0. The number of nitrogens with two attached hydrogens (primary N) is 1. The standard InChI is InChI=1S/C28H30FN5O3/c1-37-24-11-10-20(29)12-21(24)28(36)31-14-16-2-8-19(9-3-16)26-25-23(33-34-27(25)30)13-22(32-26)18-6-4-17(15-35)5-7-18/h2-3,8-13,17-18,35H,4-7,14-15H2,1H3,(H,31,36)(H3,30,33,34). The Balaban J connectivity index is 1.36. The number of hydrogen-bond donors (Lipinski definition) is 4. The van der Waals surface area contributed by atoms with E-state index in [-0.39, 0.29) is 18.7 Å². The van der Waals surface area contributed by atoms with E-state index in [4.69, 9.17) is 15.5 Å². The fourth-order valence-electron chi connectivity index (χ4n) is 5.06. The number of nitrogens with one attached hydrogen (secondary N) is 2. The molecule has 5 rings (SSSR count). The summed E-state index contributed by atoms with van der Waals surface area (Å²) in [6.45, 7) is 0.508. The maximum absolute atomic E-state index is 13.6. The zero-order chi connectivity index (χ0) is 25.9. The average Bonchev–Trinajstić information content (AvgIpc) is 3.32. The highest BCUT2D eigenvalue weighted by molar-refractivity contribution is 6.00. The molecular formula is C28H30FN5O3. The summed E-state index contributed by atoms with van der Waals surface area (Å²) in [4.78, 5) is 17.6. The van der Waals surface area contributed by atoms with Crippen molar-refractivity contribution in [3.63, 3.8) is 0 Å². The number of methoxy groups -OCH3 is 1. The Hall–Kier alpha value is -3.98. The first-order chi connectivity index (χ1) is 18.0. The molecule has 9 heteroatoms. The molecule has 8 nitrogen and oxygen atoms in total. The van der Waals surface area contributed by atoms with Crippen molar-refractivity contribution >= 4 is 22.6 Å². The van der Waals surface area contributed by atoms with Gasteiger partial charge in [-0.15, -0.1) is 0 Å². The van der Waals surface area contributed by atoms with Gasteiger partial charge in [-0.2, -0.15) is 5.10 Å². The van der Waals surface area contributed by atoms with Crippen LogP contribution in [-0.4, -0.2) is 39.9 Å². The minimum Gasteiger partial charge on any atom is -0.496 e. The summed E-state index contributed by atoms with van der Waals surface area (Å²) in [7, 11) is 1.44. The van der Waals surface area contributed by atoms with Crippen molar-refractivity contribution in [1.29, 1.82) is 0 Å². The van der Waals surface area contributed by atoms with Crippen LogP contribution in [0.25, 0.3) is 22.2 Å². The summed E-state index contributed by atoms with van der Waals surface area (Å²) in [5.41, 5.74) is 10.7. The number of anilines is 1. The smallest absolute Gasteiger partial charge is 0.255 e. The molecule has 0 atom stereocenters. The number of carbonyl (C=O) groups is 1. The fraction of sp³-hybridized carbons (Fsp3) is 0.321. The second-order valence-corrected chi connectivity index (χ2v) is 9.55. The number of amides is 1. The molecule has 1 amide bonds. The van der Waals surface area contributed by atoms with Crippen LogP contribution in [0.5, 0.6) is 5.75 Å². The third-order valence-electron chi connectivity index (χ3n) is 7.20. The predicted molar refractivity (Wildman–Crippen MR) is 140 cm³/mol. The Bertz CT molecular complexity index is 1410. The van der Waals surface area contributed by atoms with E-state index in [0.29, 0.717) is 23.4 Å². The molecule has 0 unspecified atom stereocenters. The number of halogens is 1. The number of rotatable bonds is 7. The molecule has 0 radical (unpaired) electrons. The van der Waals surface area contributed by atoms with Crippen molar-refractivity contribution in [2.75, 3.05) is 19.5 Å². The van der Waals surface area contributed by atoms with E-state index in [2.05, 4.69) is 15.5 Å². The van der Waals surface area contributed by atoms with Crippen LogP contribution >= 0.6 is 0 Å². The number of ether oxygens (including phenoxy) is 1. The molecule has 0 saturated heterocycles. The molecule has 0 bridgehead atoms. The number of H-pyrrole nitrogens is 1. The molecule has 1 saturated carbocycles. The minimum absolute atomic E-state index is 0.144. The van der Waals surface area contributed by atoms with E-state index in [0.717, 1.165) is 65.2 Å². The molecule has 192 valence electrons. The summed E-state index contributed by atoms with van der Waals surface area (Å²) in [5, 5.41) is 20.3. The van der Waals surface area contributed by atoms with E-state index >= 15 is 0 Å². The number of aliphatic hydroxyl groups excluding tert-OH is 1. The molecule has 2 aromatic heterocycles. The largest absolute Gasteiger partial charge is 0.496 e. The minimum atomic E-state index is -0.503. The monoisotopic (exact) mass is 503 g/mol. The highest BCUT2D eigenvalue weighted by atomic mass is 19.1. The van der Waals surface area contributed by atoms with E-state index in [1.54, 1.807) is 0 Å². The van der Waals surface area contributed by atoms with E-state index in [1.165, 1.54) is 19.2 Å². The number of aromatic amines is 1. The Morgan fingerprint density at radius 1 is 1.16 bits per heavy atom. The van der Waals surface area contributed by atoms with Gasteiger partial charge in [-0.1, -0.05) is 24.3 Å². The summed E-state index contributed by atoms with van der Waals surface area (Å²) < 4.78 is 18.8. The summed E-state index contributed by atoms with van der Waals surface area (Å²) in [6, 6.07) is 13.6. The lowest BCUT2D eigenvalue weighted by atomic mass is 9.80. The quantitative estimate of drug-likeness (QED) is 0.293. The van der Waals surface area contributed by atoms with Crippen molar-refractivity contribution in [1.82, 2.24) is 20.5 Å².